The highest BCUT2D eigenvalue weighted by Crippen LogP contribution is 2.40. The molecule has 0 amide bonds. The fourth-order valence-electron chi connectivity index (χ4n) is 2.50. The molecule has 104 valence electrons. The number of benzene rings is 1. The molecule has 1 aliphatic rings. The fraction of sp³-hybridized carbons (Fsp3) is 0.333. The van der Waals surface area contributed by atoms with Gasteiger partial charge in [-0.05, 0) is 30.0 Å². The highest BCUT2D eigenvalue weighted by atomic mass is 35.5. The average molecular weight is 310 g/mol. The molecule has 0 saturated carbocycles. The Morgan fingerprint density at radius 1 is 1.35 bits per heavy atom. The van der Waals surface area contributed by atoms with Crippen molar-refractivity contribution < 1.29 is 9.18 Å². The van der Waals surface area contributed by atoms with Crippen LogP contribution < -0.4 is 0 Å². The molecule has 0 atom stereocenters. The van der Waals surface area contributed by atoms with Crippen molar-refractivity contribution in [2.75, 3.05) is 0 Å². The van der Waals surface area contributed by atoms with E-state index in [-0.39, 0.29) is 17.0 Å². The average Bonchev–Trinajstić information content (AvgIpc) is 2.70. The Bertz CT molecular complexity index is 708. The van der Waals surface area contributed by atoms with Crippen LogP contribution >= 0.6 is 22.9 Å². The van der Waals surface area contributed by atoms with E-state index in [0.717, 1.165) is 17.0 Å². The minimum Gasteiger partial charge on any atom is -0.293 e. The smallest absolute Gasteiger partial charge is 0.175 e. The van der Waals surface area contributed by atoms with Gasteiger partial charge in [0.15, 0.2) is 5.78 Å². The van der Waals surface area contributed by atoms with E-state index in [9.17, 15) is 9.18 Å². The first-order valence-electron chi connectivity index (χ1n) is 6.34. The quantitative estimate of drug-likeness (QED) is 0.760. The van der Waals surface area contributed by atoms with Crippen molar-refractivity contribution in [3.8, 4) is 10.6 Å². The Morgan fingerprint density at radius 2 is 2.10 bits per heavy atom. The second-order valence-corrected chi connectivity index (χ2v) is 7.27. The molecular weight excluding hydrogens is 297 g/mol. The summed E-state index contributed by atoms with van der Waals surface area (Å²) in [4.78, 5) is 17.4. The van der Waals surface area contributed by atoms with E-state index in [1.165, 1.54) is 23.5 Å². The maximum Gasteiger partial charge on any atom is 0.175 e. The summed E-state index contributed by atoms with van der Waals surface area (Å²) in [5, 5.41) is 1.01. The molecular formula is C15H13ClFNOS. The first-order valence-corrected chi connectivity index (χ1v) is 7.53. The maximum absolute atomic E-state index is 13.1. The van der Waals surface area contributed by atoms with E-state index in [4.69, 9.17) is 11.6 Å². The van der Waals surface area contributed by atoms with Gasteiger partial charge in [-0.25, -0.2) is 9.37 Å². The van der Waals surface area contributed by atoms with Gasteiger partial charge in [0.25, 0.3) is 0 Å². The molecule has 0 N–H and O–H groups in total. The van der Waals surface area contributed by atoms with Crippen LogP contribution in [0, 0.1) is 11.2 Å². The second-order valence-electron chi connectivity index (χ2n) is 5.86. The first-order chi connectivity index (χ1) is 9.35. The Kier molecular flexibility index (Phi) is 3.18. The zero-order chi connectivity index (χ0) is 14.5. The molecule has 2 aromatic rings. The number of Topliss-reactive ketones (excluding diaryl/α,β-unsaturated/α-hetero) is 1. The lowest BCUT2D eigenvalue weighted by atomic mass is 9.78. The zero-order valence-corrected chi connectivity index (χ0v) is 12.7. The first kappa shape index (κ1) is 13.7. The third kappa shape index (κ3) is 2.38. The number of nitrogens with zero attached hydrogens (tertiary/aromatic N) is 1. The largest absolute Gasteiger partial charge is 0.293 e. The molecule has 20 heavy (non-hydrogen) atoms. The molecule has 1 aliphatic carbocycles. The molecule has 5 heteroatoms. The summed E-state index contributed by atoms with van der Waals surface area (Å²) in [7, 11) is 0. The van der Waals surface area contributed by atoms with Crippen LogP contribution in [-0.2, 0) is 6.42 Å². The number of carbonyl (C=O) groups is 1. The number of fused-ring (bicyclic) bond motifs is 1. The van der Waals surface area contributed by atoms with Gasteiger partial charge in [0.05, 0.1) is 15.6 Å². The van der Waals surface area contributed by atoms with E-state index in [2.05, 4.69) is 18.8 Å². The number of aromatic nitrogens is 1. The molecule has 2 nitrogen and oxygen atoms in total. The lowest BCUT2D eigenvalue weighted by Gasteiger charge is -2.26. The Balaban J connectivity index is 2.08. The molecule has 3 rings (SSSR count). The van der Waals surface area contributed by atoms with Crippen LogP contribution in [-0.4, -0.2) is 10.8 Å². The summed E-state index contributed by atoms with van der Waals surface area (Å²) in [5.74, 6) is -0.240. The highest BCUT2D eigenvalue weighted by Gasteiger charge is 2.34. The van der Waals surface area contributed by atoms with E-state index < -0.39 is 0 Å². The summed E-state index contributed by atoms with van der Waals surface area (Å²) in [5.41, 5.74) is 1.46. The predicted octanol–water partition coefficient (Wildman–Crippen LogP) is 4.76. The van der Waals surface area contributed by atoms with Gasteiger partial charge in [0.2, 0.25) is 0 Å². The van der Waals surface area contributed by atoms with Gasteiger partial charge >= 0.3 is 0 Å². The molecule has 0 bridgehead atoms. The monoisotopic (exact) mass is 309 g/mol. The van der Waals surface area contributed by atoms with E-state index in [1.807, 2.05) is 0 Å². The Labute approximate surface area is 125 Å². The molecule has 0 unspecified atom stereocenters. The maximum atomic E-state index is 13.1. The number of hydrogen-bond acceptors (Lipinski definition) is 3. The number of carbonyl (C=O) groups excluding carboxylic acids is 1. The number of rotatable bonds is 1. The van der Waals surface area contributed by atoms with E-state index in [1.54, 1.807) is 6.07 Å². The predicted molar refractivity (Wildman–Crippen MR) is 79.0 cm³/mol. The Morgan fingerprint density at radius 3 is 2.80 bits per heavy atom. The van der Waals surface area contributed by atoms with Crippen molar-refractivity contribution in [3.63, 3.8) is 0 Å². The van der Waals surface area contributed by atoms with Crippen LogP contribution in [0.2, 0.25) is 5.02 Å². The molecule has 1 heterocycles. The van der Waals surface area contributed by atoms with Gasteiger partial charge in [-0.2, -0.15) is 0 Å². The number of halogens is 2. The van der Waals surface area contributed by atoms with Gasteiger partial charge in [-0.1, -0.05) is 25.4 Å². The van der Waals surface area contributed by atoms with Crippen LogP contribution in [0.15, 0.2) is 18.2 Å². The molecule has 0 fully saturated rings. The normalized spacial score (nSPS) is 17.1. The van der Waals surface area contributed by atoms with Crippen LogP contribution in [0.1, 0.15) is 35.6 Å². The summed E-state index contributed by atoms with van der Waals surface area (Å²) < 4.78 is 13.1. The number of thiazole rings is 1. The van der Waals surface area contributed by atoms with Crippen molar-refractivity contribution in [3.05, 3.63) is 39.6 Å². The van der Waals surface area contributed by atoms with Crippen LogP contribution in [0.25, 0.3) is 10.6 Å². The van der Waals surface area contributed by atoms with Gasteiger partial charge in [0.1, 0.15) is 10.8 Å². The lowest BCUT2D eigenvalue weighted by molar-refractivity contribution is 0.0916. The van der Waals surface area contributed by atoms with Gasteiger partial charge in [-0.15, -0.1) is 11.3 Å². The Hall–Kier alpha value is -1.26. The van der Waals surface area contributed by atoms with E-state index in [0.29, 0.717) is 22.0 Å². The molecule has 1 aromatic heterocycles. The van der Waals surface area contributed by atoms with Crippen molar-refractivity contribution in [1.29, 1.82) is 0 Å². The standard InChI is InChI=1S/C15H13ClFNOS/c1-15(2)6-11-13(12(19)7-15)20-14(18-11)9-4-3-8(17)5-10(9)16/h3-5H,6-7H2,1-2H3. The number of ketones is 1. The third-order valence-electron chi connectivity index (χ3n) is 3.40. The molecule has 0 saturated heterocycles. The summed E-state index contributed by atoms with van der Waals surface area (Å²) in [6.45, 7) is 4.13. The van der Waals surface area contributed by atoms with Crippen LogP contribution in [0.5, 0.6) is 0 Å². The molecule has 0 radical (unpaired) electrons. The van der Waals surface area contributed by atoms with Crippen LogP contribution in [0.3, 0.4) is 0 Å². The second kappa shape index (κ2) is 4.64. The van der Waals surface area contributed by atoms with Crippen LogP contribution in [0.4, 0.5) is 4.39 Å². The molecule has 0 aliphatic heterocycles. The third-order valence-corrected chi connectivity index (χ3v) is 4.88. The summed E-state index contributed by atoms with van der Waals surface area (Å²) in [6, 6.07) is 4.23. The van der Waals surface area contributed by atoms with Gasteiger partial charge in [-0.3, -0.25) is 4.79 Å². The number of hydrogen-bond donors (Lipinski definition) is 0. The van der Waals surface area contributed by atoms with E-state index >= 15 is 0 Å². The molecule has 1 aromatic carbocycles. The van der Waals surface area contributed by atoms with Crippen molar-refractivity contribution >= 4 is 28.7 Å². The zero-order valence-electron chi connectivity index (χ0n) is 11.2. The SMILES string of the molecule is CC1(C)CC(=O)c2sc(-c3ccc(F)cc3Cl)nc2C1. The minimum atomic E-state index is -0.378. The fourth-order valence-corrected chi connectivity index (χ4v) is 3.87. The molecule has 0 spiro atoms. The van der Waals surface area contributed by atoms with Crippen molar-refractivity contribution in [2.24, 2.45) is 5.41 Å². The van der Waals surface area contributed by atoms with Gasteiger partial charge < -0.3 is 0 Å². The topological polar surface area (TPSA) is 30.0 Å². The van der Waals surface area contributed by atoms with Crippen molar-refractivity contribution in [1.82, 2.24) is 4.98 Å². The lowest BCUT2D eigenvalue weighted by Crippen LogP contribution is -2.25. The minimum absolute atomic E-state index is 0.0536. The van der Waals surface area contributed by atoms with Crippen molar-refractivity contribution in [2.45, 2.75) is 26.7 Å². The highest BCUT2D eigenvalue weighted by molar-refractivity contribution is 7.17. The summed E-state index contributed by atoms with van der Waals surface area (Å²) in [6.07, 6.45) is 1.32. The van der Waals surface area contributed by atoms with Gasteiger partial charge in [0, 0.05) is 12.0 Å². The summed E-state index contributed by atoms with van der Waals surface area (Å²) >= 11 is 7.41.